The minimum absolute atomic E-state index is 0.0134. The van der Waals surface area contributed by atoms with Crippen LogP contribution in [0.2, 0.25) is 0 Å². The number of nitrogens with one attached hydrogen (secondary N) is 2. The highest BCUT2D eigenvalue weighted by molar-refractivity contribution is 6.06. The molecule has 1 aliphatic rings. The van der Waals surface area contributed by atoms with E-state index < -0.39 is 0 Å². The molecule has 0 saturated carbocycles. The topological polar surface area (TPSA) is 42.8 Å². The zero-order valence-corrected chi connectivity index (χ0v) is 12.1. The molecule has 1 saturated heterocycles. The second-order valence-electron chi connectivity index (χ2n) is 5.39. The number of ether oxygens (including phenoxy) is 1. The monoisotopic (exact) mass is 285 g/mol. The summed E-state index contributed by atoms with van der Waals surface area (Å²) >= 11 is 0. The van der Waals surface area contributed by atoms with Crippen molar-refractivity contribution < 1.29 is 14.4 Å². The van der Waals surface area contributed by atoms with Crippen molar-refractivity contribution >= 4 is 16.7 Å². The van der Waals surface area contributed by atoms with E-state index >= 15 is 0 Å². The number of rotatable bonds is 4. The van der Waals surface area contributed by atoms with Gasteiger partial charge in [0, 0.05) is 5.56 Å². The molecule has 0 aromatic heterocycles. The van der Waals surface area contributed by atoms with Crippen molar-refractivity contribution in [1.82, 2.24) is 5.32 Å². The van der Waals surface area contributed by atoms with E-state index in [1.54, 1.807) is 0 Å². The summed E-state index contributed by atoms with van der Waals surface area (Å²) in [5.74, 6) is 0.0134. The van der Waals surface area contributed by atoms with Crippen molar-refractivity contribution in [2.75, 3.05) is 39.4 Å². The van der Waals surface area contributed by atoms with E-state index in [-0.39, 0.29) is 5.91 Å². The number of morpholine rings is 1. The van der Waals surface area contributed by atoms with Crippen LogP contribution in [-0.4, -0.2) is 45.3 Å². The zero-order valence-electron chi connectivity index (χ0n) is 12.1. The summed E-state index contributed by atoms with van der Waals surface area (Å²) in [5.41, 5.74) is 0.755. The Balaban J connectivity index is 1.61. The van der Waals surface area contributed by atoms with E-state index in [2.05, 4.69) is 5.32 Å². The number of carbonyl (C=O) groups is 1. The second-order valence-corrected chi connectivity index (χ2v) is 5.39. The molecule has 0 atom stereocenters. The third-order valence-electron chi connectivity index (χ3n) is 4.00. The van der Waals surface area contributed by atoms with E-state index in [0.717, 1.165) is 49.2 Å². The van der Waals surface area contributed by atoms with Crippen molar-refractivity contribution in [3.63, 3.8) is 0 Å². The van der Waals surface area contributed by atoms with Crippen LogP contribution < -0.4 is 10.2 Å². The molecule has 110 valence electrons. The molecule has 1 aliphatic heterocycles. The average Bonchev–Trinajstić information content (AvgIpc) is 2.55. The first-order valence-corrected chi connectivity index (χ1v) is 7.52. The number of fused-ring (bicyclic) bond motifs is 1. The van der Waals surface area contributed by atoms with Gasteiger partial charge in [0.15, 0.2) is 0 Å². The molecule has 4 heteroatoms. The summed E-state index contributed by atoms with van der Waals surface area (Å²) in [7, 11) is 0. The molecular formula is C17H21N2O2+. The third-order valence-corrected chi connectivity index (χ3v) is 4.00. The number of amides is 1. The summed E-state index contributed by atoms with van der Waals surface area (Å²) in [4.78, 5) is 13.9. The van der Waals surface area contributed by atoms with Gasteiger partial charge < -0.3 is 15.0 Å². The normalized spacial score (nSPS) is 16.0. The Morgan fingerprint density at radius 1 is 1.10 bits per heavy atom. The van der Waals surface area contributed by atoms with Gasteiger partial charge in [0.05, 0.1) is 26.3 Å². The lowest BCUT2D eigenvalue weighted by atomic mass is 10.0. The lowest BCUT2D eigenvalue weighted by molar-refractivity contribution is -0.906. The van der Waals surface area contributed by atoms with E-state index in [9.17, 15) is 4.79 Å². The van der Waals surface area contributed by atoms with E-state index in [1.807, 2.05) is 42.5 Å². The van der Waals surface area contributed by atoms with Crippen molar-refractivity contribution in [3.05, 3.63) is 48.0 Å². The first-order valence-electron chi connectivity index (χ1n) is 7.52. The Morgan fingerprint density at radius 3 is 2.71 bits per heavy atom. The zero-order chi connectivity index (χ0) is 14.5. The van der Waals surface area contributed by atoms with Crippen LogP contribution in [0.5, 0.6) is 0 Å². The maximum absolute atomic E-state index is 12.4. The van der Waals surface area contributed by atoms with Crippen LogP contribution in [-0.2, 0) is 4.74 Å². The predicted octanol–water partition coefficient (Wildman–Crippen LogP) is 0.485. The number of benzene rings is 2. The van der Waals surface area contributed by atoms with Gasteiger partial charge in [0.25, 0.3) is 5.91 Å². The van der Waals surface area contributed by atoms with Gasteiger partial charge in [-0.05, 0) is 16.8 Å². The molecule has 0 unspecified atom stereocenters. The van der Waals surface area contributed by atoms with Gasteiger partial charge in [-0.25, -0.2) is 0 Å². The molecular weight excluding hydrogens is 264 g/mol. The first kappa shape index (κ1) is 14.0. The van der Waals surface area contributed by atoms with Gasteiger partial charge in [-0.15, -0.1) is 0 Å². The Bertz CT molecular complexity index is 616. The summed E-state index contributed by atoms with van der Waals surface area (Å²) in [5, 5.41) is 5.15. The maximum Gasteiger partial charge on any atom is 0.252 e. The summed E-state index contributed by atoms with van der Waals surface area (Å²) in [6, 6.07) is 13.8. The molecule has 0 aliphatic carbocycles. The second kappa shape index (κ2) is 6.70. The molecule has 21 heavy (non-hydrogen) atoms. The molecule has 4 nitrogen and oxygen atoms in total. The third kappa shape index (κ3) is 3.40. The molecule has 2 aromatic rings. The molecule has 0 bridgehead atoms. The highest BCUT2D eigenvalue weighted by Crippen LogP contribution is 2.18. The van der Waals surface area contributed by atoms with Crippen LogP contribution in [0, 0.1) is 0 Å². The lowest BCUT2D eigenvalue weighted by Crippen LogP contribution is -3.14. The average molecular weight is 285 g/mol. The van der Waals surface area contributed by atoms with Crippen LogP contribution in [0.15, 0.2) is 42.5 Å². The highest BCUT2D eigenvalue weighted by Gasteiger charge is 2.14. The van der Waals surface area contributed by atoms with Gasteiger partial charge in [-0.2, -0.15) is 0 Å². The van der Waals surface area contributed by atoms with Gasteiger partial charge in [-0.1, -0.05) is 36.4 Å². The van der Waals surface area contributed by atoms with E-state index in [0.29, 0.717) is 6.54 Å². The van der Waals surface area contributed by atoms with Crippen molar-refractivity contribution in [1.29, 1.82) is 0 Å². The molecule has 1 heterocycles. The SMILES string of the molecule is O=C(NCC[NH+]1CCOCC1)c1cccc2ccccc12. The Morgan fingerprint density at radius 2 is 1.86 bits per heavy atom. The van der Waals surface area contributed by atoms with Crippen molar-refractivity contribution in [3.8, 4) is 0 Å². The smallest absolute Gasteiger partial charge is 0.252 e. The van der Waals surface area contributed by atoms with Crippen LogP contribution in [0.1, 0.15) is 10.4 Å². The molecule has 2 N–H and O–H groups in total. The fourth-order valence-corrected chi connectivity index (χ4v) is 2.78. The van der Waals surface area contributed by atoms with Gasteiger partial charge >= 0.3 is 0 Å². The predicted molar refractivity (Wildman–Crippen MR) is 82.7 cm³/mol. The summed E-state index contributed by atoms with van der Waals surface area (Å²) < 4.78 is 5.34. The minimum Gasteiger partial charge on any atom is -0.370 e. The van der Waals surface area contributed by atoms with Crippen LogP contribution >= 0.6 is 0 Å². The van der Waals surface area contributed by atoms with Gasteiger partial charge in [0.2, 0.25) is 0 Å². The Hall–Kier alpha value is -1.91. The molecule has 1 amide bonds. The number of hydrogen-bond acceptors (Lipinski definition) is 2. The quantitative estimate of drug-likeness (QED) is 0.858. The fourth-order valence-electron chi connectivity index (χ4n) is 2.78. The molecule has 1 fully saturated rings. The molecule has 3 rings (SSSR count). The summed E-state index contributed by atoms with van der Waals surface area (Å²) in [6.07, 6.45) is 0. The fraction of sp³-hybridized carbons (Fsp3) is 0.353. The molecule has 2 aromatic carbocycles. The lowest BCUT2D eigenvalue weighted by Gasteiger charge is -2.23. The molecule has 0 radical (unpaired) electrons. The van der Waals surface area contributed by atoms with E-state index in [1.165, 1.54) is 4.90 Å². The maximum atomic E-state index is 12.4. The minimum atomic E-state index is 0.0134. The highest BCUT2D eigenvalue weighted by atomic mass is 16.5. The largest absolute Gasteiger partial charge is 0.370 e. The van der Waals surface area contributed by atoms with Crippen molar-refractivity contribution in [2.45, 2.75) is 0 Å². The number of hydrogen-bond donors (Lipinski definition) is 2. The number of quaternary nitrogens is 1. The number of carbonyl (C=O) groups excluding carboxylic acids is 1. The van der Waals surface area contributed by atoms with Crippen LogP contribution in [0.25, 0.3) is 10.8 Å². The van der Waals surface area contributed by atoms with Gasteiger partial charge in [-0.3, -0.25) is 4.79 Å². The van der Waals surface area contributed by atoms with Gasteiger partial charge in [0.1, 0.15) is 13.1 Å². The Kier molecular flexibility index (Phi) is 4.48. The molecule has 0 spiro atoms. The Labute approximate surface area is 124 Å². The summed E-state index contributed by atoms with van der Waals surface area (Å²) in [6.45, 7) is 5.38. The van der Waals surface area contributed by atoms with Crippen LogP contribution in [0.4, 0.5) is 0 Å². The van der Waals surface area contributed by atoms with E-state index in [4.69, 9.17) is 4.74 Å². The standard InChI is InChI=1S/C17H20N2O2/c20-17(18-8-9-19-10-12-21-13-11-19)16-7-3-5-14-4-1-2-6-15(14)16/h1-7H,8-13H2,(H,18,20)/p+1. The first-order chi connectivity index (χ1) is 10.3. The van der Waals surface area contributed by atoms with Crippen molar-refractivity contribution in [2.24, 2.45) is 0 Å². The van der Waals surface area contributed by atoms with Crippen LogP contribution in [0.3, 0.4) is 0 Å².